The van der Waals surface area contributed by atoms with Crippen LogP contribution in [0.5, 0.6) is 0 Å². The number of hydrogen-bond acceptors (Lipinski definition) is 35. The van der Waals surface area contributed by atoms with Crippen molar-refractivity contribution in [1.82, 2.24) is 84.4 Å². The van der Waals surface area contributed by atoms with Crippen molar-refractivity contribution in [3.05, 3.63) is 148 Å². The summed E-state index contributed by atoms with van der Waals surface area (Å²) in [4.78, 5) is 211. The summed E-state index contributed by atoms with van der Waals surface area (Å²) in [5.41, 5.74) is 15.2. The number of hydrogen-bond donors (Lipinski definition) is 7. The fourth-order valence-corrected chi connectivity index (χ4v) is 14.4. The second kappa shape index (κ2) is 71.2. The first kappa shape index (κ1) is 134. The molecule has 824 valence electrons. The number of nitro groups is 2. The van der Waals surface area contributed by atoms with Crippen molar-refractivity contribution in [3.8, 4) is 33.8 Å². The molecule has 0 aliphatic carbocycles. The van der Waals surface area contributed by atoms with Gasteiger partial charge in [0.2, 0.25) is 58.9 Å². The maximum absolute atomic E-state index is 12.4. The van der Waals surface area contributed by atoms with Gasteiger partial charge in [-0.25, -0.2) is 24.5 Å². The number of aliphatic carboxylic acids is 1. The van der Waals surface area contributed by atoms with Crippen LogP contribution in [0.15, 0.2) is 127 Å². The second-order valence-electron chi connectivity index (χ2n) is 35.7. The molecule has 7 aliphatic rings. The van der Waals surface area contributed by atoms with Gasteiger partial charge in [0.05, 0.1) is 79.6 Å². The fraction of sp³-hybridized carbons (Fsp3) is 0.525. The van der Waals surface area contributed by atoms with E-state index in [0.717, 1.165) is 87.8 Å². The number of amides is 10. The van der Waals surface area contributed by atoms with E-state index in [0.29, 0.717) is 154 Å². The number of nitrogens with two attached hydrogens (primary N) is 2. The van der Waals surface area contributed by atoms with Crippen LogP contribution in [0, 0.1) is 20.2 Å². The maximum Gasteiger partial charge on any atom is 1.00 e. The summed E-state index contributed by atoms with van der Waals surface area (Å²) in [5, 5.41) is 42.4. The number of carboxylic acid groups (broad SMARTS) is 1. The standard InChI is InChI=1S/C19H21N5O4.C19H23N5O2.C11H9N3O2.C11H20N2O3.C9H16N2O3.C9H18N2O2.C8H14N2O3.C6H12N2O.C4H8O2.C3H5BrO2.Li.2H2O/c1-14(25)23-11-9-22(10-12-23)13-18(26)21-19-17(24(27)28)8-7-16(20-19)15-5-3-2-4-6-15;1-14(25)24-11-9-23(10-12-24)13-18(26)22-19-16(20)7-8-17(21-19)15-5-3-2-4-6-15;12-11-10(14(15)16)7-6-9(13-11)8-4-2-1-3-5-8;1-9(14)12-5-7-13(8-6-12)10(15)16-11(2,3)4;1-8(12)11-5-3-10(4-6-11)7-9(13)14-2;1-9(2,3)13-8(12)11-6-4-10-5-7-11;1-7(11)10-4-2-9(3-5-10)6-8(12)13;1-6(9)8-4-2-7-3-5-8;1-3-6-4(2)5;1-6-3(5)2-4;;;/h2-8H,9-13H2,1H3,(H,20,21,26);2-8H,9-13,20H2,1H3,(H,21,22,26);1-7H,(H2,12,13);5-8H2,1-4H3;3-7H2,1-2H3;10H,4-7H2,1-3H3;2-6H2,1H3,(H,12,13);7H,2-5H2,1H3;3H2,1-2H3;2H2,1H3;;2*1H2/q;;;;;;;;;;+1;;/p-1. The molecule has 3 aromatic carbocycles. The Balaban J connectivity index is 0.000000858. The number of aromatic nitrogens is 3. The van der Waals surface area contributed by atoms with E-state index in [-0.39, 0.29) is 161 Å². The van der Waals surface area contributed by atoms with Crippen LogP contribution < -0.4 is 51.6 Å². The number of nitrogens with zero attached hydrogens (tertiary/aromatic N) is 17. The van der Waals surface area contributed by atoms with Gasteiger partial charge in [0.15, 0.2) is 5.82 Å². The first-order valence-corrected chi connectivity index (χ1v) is 49.1. The minimum Gasteiger partial charge on any atom is -0.870 e. The molecule has 49 nitrogen and oxygen atoms in total. The van der Waals surface area contributed by atoms with Crippen molar-refractivity contribution in [1.29, 1.82) is 0 Å². The van der Waals surface area contributed by atoms with Crippen molar-refractivity contribution in [2.75, 3.05) is 258 Å². The van der Waals surface area contributed by atoms with E-state index in [4.69, 9.17) is 26.0 Å². The van der Waals surface area contributed by atoms with Crippen LogP contribution in [0.3, 0.4) is 0 Å². The molecule has 3 aromatic heterocycles. The monoisotopic (exact) mass is 2160 g/mol. The molecule has 10 heterocycles. The molecule has 7 fully saturated rings. The second-order valence-corrected chi connectivity index (χ2v) is 36.2. The number of carbonyl (C=O) groups is 14. The Morgan fingerprint density at radius 2 is 0.680 bits per heavy atom. The summed E-state index contributed by atoms with van der Waals surface area (Å²) in [7, 11) is 2.73. The molecule has 0 spiro atoms. The molecular weight excluding hydrogens is 2010 g/mol. The van der Waals surface area contributed by atoms with Crippen LogP contribution in [0.25, 0.3) is 33.8 Å². The van der Waals surface area contributed by atoms with Crippen LogP contribution in [-0.2, 0) is 81.2 Å². The zero-order valence-corrected chi connectivity index (χ0v) is 90.7. The number of nitrogen functional groups attached to an aromatic ring is 2. The molecule has 0 radical (unpaired) electrons. The third kappa shape index (κ3) is 54.1. The molecule has 0 atom stereocenters. The number of anilines is 4. The molecule has 7 aliphatic heterocycles. The number of piperazine rings is 7. The summed E-state index contributed by atoms with van der Waals surface area (Å²) in [6.45, 7) is 44.4. The zero-order chi connectivity index (χ0) is 109. The normalized spacial score (nSPS) is 14.9. The van der Waals surface area contributed by atoms with E-state index >= 15 is 0 Å². The molecule has 6 aromatic rings. The van der Waals surface area contributed by atoms with Crippen LogP contribution >= 0.6 is 15.9 Å². The third-order valence-corrected chi connectivity index (χ3v) is 22.6. The molecular formula is C99H149BrLiN23O26. The number of alkyl halides is 1. The van der Waals surface area contributed by atoms with Crippen molar-refractivity contribution < 1.29 is 136 Å². The quantitative estimate of drug-likeness (QED) is 0.0172. The van der Waals surface area contributed by atoms with Gasteiger partial charge in [0.1, 0.15) is 16.5 Å². The van der Waals surface area contributed by atoms with Crippen LogP contribution in [0.4, 0.5) is 44.1 Å². The summed E-state index contributed by atoms with van der Waals surface area (Å²) < 4.78 is 23.7. The Hall–Kier alpha value is -13.6. The third-order valence-electron chi connectivity index (χ3n) is 22.2. The summed E-state index contributed by atoms with van der Waals surface area (Å²) >= 11 is 2.90. The Bertz CT molecular complexity index is 5200. The number of carboxylic acids is 1. The van der Waals surface area contributed by atoms with Gasteiger partial charge in [-0.1, -0.05) is 107 Å². The first-order chi connectivity index (χ1) is 69.5. The minimum atomic E-state index is -0.809. The predicted octanol–water partition coefficient (Wildman–Crippen LogP) is 2.47. The molecule has 0 saturated carbocycles. The summed E-state index contributed by atoms with van der Waals surface area (Å²) in [5.74, 6) is -1.28. The summed E-state index contributed by atoms with van der Waals surface area (Å²) in [6.07, 6.45) is -0.496. The van der Waals surface area contributed by atoms with Gasteiger partial charge in [0, 0.05) is 261 Å². The topological polar surface area (TPSA) is 631 Å². The molecule has 10 amide bonds. The van der Waals surface area contributed by atoms with Crippen molar-refractivity contribution in [3.63, 3.8) is 0 Å². The molecule has 13 rings (SSSR count). The number of pyridine rings is 3. The number of carbonyl (C=O) groups excluding carboxylic acids is 13. The largest absolute Gasteiger partial charge is 1.00 e. The van der Waals surface area contributed by atoms with Crippen molar-refractivity contribution in [2.24, 2.45) is 0 Å². The van der Waals surface area contributed by atoms with Crippen molar-refractivity contribution in [2.45, 2.75) is 108 Å². The molecule has 51 heteroatoms. The average Bonchev–Trinajstić information content (AvgIpc) is 0.824. The molecule has 0 bridgehead atoms. The molecule has 150 heavy (non-hydrogen) atoms. The minimum absolute atomic E-state index is 0. The zero-order valence-electron chi connectivity index (χ0n) is 89.1. The van der Waals surface area contributed by atoms with Gasteiger partial charge >= 0.3 is 66.3 Å². The smallest absolute Gasteiger partial charge is 0.870 e. The van der Waals surface area contributed by atoms with Crippen LogP contribution in [-0.4, -0.2) is 430 Å². The van der Waals surface area contributed by atoms with Crippen LogP contribution in [0.1, 0.15) is 96.9 Å². The van der Waals surface area contributed by atoms with Crippen molar-refractivity contribution >= 4 is 134 Å². The molecule has 12 N–H and O–H groups in total. The first-order valence-electron chi connectivity index (χ1n) is 48.0. The maximum atomic E-state index is 12.4. The van der Waals surface area contributed by atoms with Gasteiger partial charge < -0.3 is 112 Å². The summed E-state index contributed by atoms with van der Waals surface area (Å²) in [6, 6.07) is 37.8. The SMILES string of the molecule is CC(=O)N1CCN(C(=O)OC(C)(C)C)CC1.CC(=O)N1CCN(CC(=O)Nc2nc(-c3ccccc3)ccc2N)CC1.CC(=O)N1CCN(CC(=O)Nc2nc(-c3ccccc3)ccc2[N+](=O)[O-])CC1.CC(=O)N1CCN(CC(=O)O)CC1.CC(=O)N1CCNCC1.CC(C)(C)OC(=O)N1CCNCC1.CCOC(C)=O.COC(=O)CBr.COC(=O)CN1CCN(C(C)=O)CC1.Nc1nc(-c2ccccc2)ccc1[N+](=O)[O-].O.[Li+].[OH-]. The Morgan fingerprint density at radius 3 is 0.960 bits per heavy atom. The van der Waals surface area contributed by atoms with Gasteiger partial charge in [-0.2, -0.15) is 0 Å². The van der Waals surface area contributed by atoms with Gasteiger partial charge in [-0.3, -0.25) is 97.4 Å². The van der Waals surface area contributed by atoms with E-state index in [1.807, 2.05) is 163 Å². The Kier molecular flexibility index (Phi) is 63.8. The molecule has 7 saturated heterocycles. The fourth-order valence-electron chi connectivity index (χ4n) is 14.2. The van der Waals surface area contributed by atoms with E-state index in [2.05, 4.69) is 66.4 Å². The molecule has 0 unspecified atom stereocenters. The van der Waals surface area contributed by atoms with E-state index in [9.17, 15) is 87.4 Å². The Morgan fingerprint density at radius 1 is 0.400 bits per heavy atom. The van der Waals surface area contributed by atoms with E-state index < -0.39 is 21.4 Å². The number of esters is 3. The number of nitrogens with one attached hydrogen (secondary N) is 4. The van der Waals surface area contributed by atoms with E-state index in [1.165, 1.54) is 47.1 Å². The number of halogens is 1. The number of rotatable bonds is 17. The number of ether oxygens (including phenoxy) is 5. The van der Waals surface area contributed by atoms with E-state index in [1.54, 1.807) is 87.1 Å². The van der Waals surface area contributed by atoms with Gasteiger partial charge in [0.25, 0.3) is 0 Å². The number of methoxy groups -OCH3 is 2. The van der Waals surface area contributed by atoms with Crippen LogP contribution in [0.2, 0.25) is 0 Å². The Labute approximate surface area is 896 Å². The van der Waals surface area contributed by atoms with Gasteiger partial charge in [-0.05, 0) is 72.7 Å². The number of benzene rings is 3. The predicted molar refractivity (Wildman–Crippen MR) is 562 cm³/mol. The van der Waals surface area contributed by atoms with Gasteiger partial charge in [-0.15, -0.1) is 0 Å². The average molecular weight is 2160 g/mol.